The summed E-state index contributed by atoms with van der Waals surface area (Å²) in [6.45, 7) is 6.11. The molecule has 0 aliphatic carbocycles. The van der Waals surface area contributed by atoms with Crippen molar-refractivity contribution in [2.75, 3.05) is 20.1 Å². The van der Waals surface area contributed by atoms with Gasteiger partial charge in [-0.1, -0.05) is 22.6 Å². The van der Waals surface area contributed by atoms with Gasteiger partial charge in [-0.3, -0.25) is 4.79 Å². The third-order valence-corrected chi connectivity index (χ3v) is 3.34. The number of piperidine rings is 1. The van der Waals surface area contributed by atoms with E-state index in [4.69, 9.17) is 4.74 Å². The lowest BCUT2D eigenvalue weighted by molar-refractivity contribution is -0.887. The van der Waals surface area contributed by atoms with Crippen LogP contribution in [0.4, 0.5) is 0 Å². The van der Waals surface area contributed by atoms with E-state index in [1.54, 1.807) is 0 Å². The number of quaternary nitrogens is 1. The lowest BCUT2D eigenvalue weighted by atomic mass is 9.93. The van der Waals surface area contributed by atoms with E-state index >= 15 is 0 Å². The molecule has 1 heterocycles. The molecule has 1 rings (SSSR count). The van der Waals surface area contributed by atoms with E-state index in [-0.39, 0.29) is 15.5 Å². The lowest BCUT2D eigenvalue weighted by Crippen LogP contribution is -3.10. The van der Waals surface area contributed by atoms with Crippen molar-refractivity contribution in [3.05, 3.63) is 0 Å². The van der Waals surface area contributed by atoms with Gasteiger partial charge in [0.05, 0.1) is 20.1 Å². The number of rotatable bonds is 2. The normalized spacial score (nSPS) is 35.0. The zero-order chi connectivity index (χ0) is 10.8. The van der Waals surface area contributed by atoms with E-state index in [1.807, 2.05) is 6.92 Å². The van der Waals surface area contributed by atoms with Gasteiger partial charge in [-0.05, 0) is 13.8 Å². The fourth-order valence-corrected chi connectivity index (χ4v) is 1.76. The van der Waals surface area contributed by atoms with Crippen LogP contribution in [0.2, 0.25) is 0 Å². The maximum Gasteiger partial charge on any atom is 0.319 e. The molecule has 0 aromatic carbocycles. The first kappa shape index (κ1) is 12.2. The Balaban J connectivity index is 2.46. The average Bonchev–Trinajstić information content (AvgIpc) is 2.10. The van der Waals surface area contributed by atoms with Gasteiger partial charge < -0.3 is 9.64 Å². The predicted octanol–water partition coefficient (Wildman–Crippen LogP) is 0.420. The minimum absolute atomic E-state index is 0.0450. The predicted molar refractivity (Wildman–Crippen MR) is 63.8 cm³/mol. The molecule has 4 heteroatoms. The largest absolute Gasteiger partial charge is 0.458 e. The van der Waals surface area contributed by atoms with Gasteiger partial charge in [-0.15, -0.1) is 0 Å². The maximum absolute atomic E-state index is 11.5. The highest BCUT2D eigenvalue weighted by Crippen LogP contribution is 2.22. The van der Waals surface area contributed by atoms with Crippen LogP contribution in [0.1, 0.15) is 26.7 Å². The van der Waals surface area contributed by atoms with Crippen molar-refractivity contribution in [2.45, 2.75) is 36.2 Å². The number of esters is 1. The highest BCUT2D eigenvalue weighted by molar-refractivity contribution is 14.1. The molecule has 1 fully saturated rings. The van der Waals surface area contributed by atoms with E-state index in [2.05, 4.69) is 36.6 Å². The summed E-state index contributed by atoms with van der Waals surface area (Å²) in [4.78, 5) is 13.0. The van der Waals surface area contributed by atoms with Crippen LogP contribution in [0.15, 0.2) is 0 Å². The van der Waals surface area contributed by atoms with Gasteiger partial charge >= 0.3 is 5.97 Å². The van der Waals surface area contributed by atoms with Crippen molar-refractivity contribution in [1.29, 1.82) is 0 Å². The zero-order valence-corrected chi connectivity index (χ0v) is 11.3. The summed E-state index contributed by atoms with van der Waals surface area (Å²) in [5, 5.41) is 0. The van der Waals surface area contributed by atoms with Crippen LogP contribution in [0.3, 0.4) is 0 Å². The standard InChI is InChI=1S/C10H18INO2/c1-8(11)9(13)14-10(2)4-6-12(3)7-5-10/h8H,4-7H2,1-3H3/p+1. The van der Waals surface area contributed by atoms with Gasteiger partial charge in [0.2, 0.25) is 0 Å². The average molecular weight is 312 g/mol. The Bertz CT molecular complexity index is 210. The molecule has 0 saturated carbocycles. The summed E-state index contributed by atoms with van der Waals surface area (Å²) in [7, 11) is 2.18. The summed E-state index contributed by atoms with van der Waals surface area (Å²) in [5.74, 6) is -0.0762. The summed E-state index contributed by atoms with van der Waals surface area (Å²) in [5.41, 5.74) is -0.212. The number of halogens is 1. The summed E-state index contributed by atoms with van der Waals surface area (Å²) in [6, 6.07) is 0. The molecule has 1 N–H and O–H groups in total. The third-order valence-electron chi connectivity index (χ3n) is 2.83. The number of carbonyl (C=O) groups is 1. The lowest BCUT2D eigenvalue weighted by Gasteiger charge is -2.35. The van der Waals surface area contributed by atoms with Crippen molar-refractivity contribution in [1.82, 2.24) is 0 Å². The summed E-state index contributed by atoms with van der Waals surface area (Å²) < 4.78 is 5.48. The summed E-state index contributed by atoms with van der Waals surface area (Å²) in [6.07, 6.45) is 1.96. The van der Waals surface area contributed by atoms with Crippen molar-refractivity contribution in [2.24, 2.45) is 0 Å². The Kier molecular flexibility index (Phi) is 4.18. The second-order valence-corrected chi connectivity index (χ2v) is 6.31. The molecule has 0 bridgehead atoms. The molecule has 1 unspecified atom stereocenters. The van der Waals surface area contributed by atoms with Crippen molar-refractivity contribution in [3.63, 3.8) is 0 Å². The zero-order valence-electron chi connectivity index (χ0n) is 9.10. The van der Waals surface area contributed by atoms with Gasteiger partial charge in [0.15, 0.2) is 0 Å². The van der Waals surface area contributed by atoms with E-state index in [0.29, 0.717) is 0 Å². The molecule has 0 aromatic rings. The van der Waals surface area contributed by atoms with Gasteiger partial charge in [-0.2, -0.15) is 0 Å². The topological polar surface area (TPSA) is 30.7 Å². The molecule has 0 spiro atoms. The quantitative estimate of drug-likeness (QED) is 0.455. The Labute approximate surface area is 99.3 Å². The Hall–Kier alpha value is 0.160. The Morgan fingerprint density at radius 2 is 2.00 bits per heavy atom. The monoisotopic (exact) mass is 312 g/mol. The van der Waals surface area contributed by atoms with Gasteiger partial charge in [-0.25, -0.2) is 0 Å². The van der Waals surface area contributed by atoms with Crippen LogP contribution in [-0.4, -0.2) is 35.6 Å². The van der Waals surface area contributed by atoms with Gasteiger partial charge in [0, 0.05) is 12.8 Å². The number of hydrogen-bond donors (Lipinski definition) is 1. The first-order valence-corrected chi connectivity index (χ1v) is 6.36. The molecule has 14 heavy (non-hydrogen) atoms. The van der Waals surface area contributed by atoms with E-state index in [0.717, 1.165) is 25.9 Å². The van der Waals surface area contributed by atoms with Gasteiger partial charge in [0.25, 0.3) is 0 Å². The number of alkyl halides is 1. The molecule has 82 valence electrons. The smallest absolute Gasteiger partial charge is 0.319 e. The maximum atomic E-state index is 11.5. The molecule has 0 amide bonds. The van der Waals surface area contributed by atoms with Crippen LogP contribution in [0, 0.1) is 0 Å². The highest BCUT2D eigenvalue weighted by Gasteiger charge is 2.35. The van der Waals surface area contributed by atoms with E-state index in [1.165, 1.54) is 4.90 Å². The van der Waals surface area contributed by atoms with E-state index in [9.17, 15) is 4.79 Å². The van der Waals surface area contributed by atoms with Crippen LogP contribution >= 0.6 is 22.6 Å². The minimum Gasteiger partial charge on any atom is -0.458 e. The third kappa shape index (κ3) is 3.38. The highest BCUT2D eigenvalue weighted by atomic mass is 127. The van der Waals surface area contributed by atoms with Gasteiger partial charge in [0.1, 0.15) is 9.53 Å². The van der Waals surface area contributed by atoms with Crippen molar-refractivity contribution in [3.8, 4) is 0 Å². The van der Waals surface area contributed by atoms with Crippen molar-refractivity contribution >= 4 is 28.6 Å². The fraction of sp³-hybridized carbons (Fsp3) is 0.900. The number of hydrogen-bond acceptors (Lipinski definition) is 2. The molecule has 1 saturated heterocycles. The SMILES string of the molecule is CC(I)C(=O)OC1(C)CC[NH+](C)CC1. The van der Waals surface area contributed by atoms with Crippen molar-refractivity contribution < 1.29 is 14.4 Å². The molecule has 0 aromatic heterocycles. The first-order valence-electron chi connectivity index (χ1n) is 5.11. The minimum atomic E-state index is -0.212. The Morgan fingerprint density at radius 1 is 1.50 bits per heavy atom. The molecule has 1 aliphatic rings. The first-order chi connectivity index (χ1) is 6.43. The second-order valence-electron chi connectivity index (χ2n) is 4.44. The molecule has 0 radical (unpaired) electrons. The molecule has 3 nitrogen and oxygen atoms in total. The number of carbonyl (C=O) groups excluding carboxylic acids is 1. The molecule has 1 atom stereocenters. The van der Waals surface area contributed by atoms with Crippen LogP contribution in [0.5, 0.6) is 0 Å². The van der Waals surface area contributed by atoms with E-state index < -0.39 is 0 Å². The molecular formula is C10H19INO2+. The van der Waals surface area contributed by atoms with Crippen LogP contribution < -0.4 is 4.90 Å². The number of likely N-dealkylation sites (tertiary alicyclic amines) is 1. The van der Waals surface area contributed by atoms with Crippen LogP contribution in [0.25, 0.3) is 0 Å². The number of ether oxygens (including phenoxy) is 1. The number of nitrogens with one attached hydrogen (secondary N) is 1. The molecular weight excluding hydrogens is 293 g/mol. The fourth-order valence-electron chi connectivity index (χ4n) is 1.63. The molecule has 1 aliphatic heterocycles. The summed E-state index contributed by atoms with van der Waals surface area (Å²) >= 11 is 2.10. The second kappa shape index (κ2) is 4.79. The van der Waals surface area contributed by atoms with Crippen LogP contribution in [-0.2, 0) is 9.53 Å². The Morgan fingerprint density at radius 3 is 2.43 bits per heavy atom.